The Kier molecular flexibility index (Phi) is 14.1. The van der Waals surface area contributed by atoms with E-state index < -0.39 is 20.0 Å². The smallest absolute Gasteiger partial charge is 0.407 e. The van der Waals surface area contributed by atoms with Crippen molar-refractivity contribution in [1.29, 1.82) is 0 Å². The van der Waals surface area contributed by atoms with E-state index >= 15 is 0 Å². The van der Waals surface area contributed by atoms with Crippen LogP contribution in [0.15, 0.2) is 30.3 Å². The molecule has 1 N–H and O–H groups in total. The molecular formula is C30H53NO5Si. The minimum absolute atomic E-state index is 0.238. The first-order valence-corrected chi connectivity index (χ1v) is 16.8. The van der Waals surface area contributed by atoms with E-state index in [-0.39, 0.29) is 23.0 Å². The SMILES string of the molecule is C[C@H](NC(=O)OC(C)(C)C)[C@H](CCC(=O)CCCCCCO[Si](C)(C)C(C)(C)C)OCc1ccccc1. The van der Waals surface area contributed by atoms with Crippen LogP contribution in [-0.4, -0.2) is 44.5 Å². The van der Waals surface area contributed by atoms with Gasteiger partial charge < -0.3 is 19.2 Å². The lowest BCUT2D eigenvalue weighted by atomic mass is 10.0. The standard InChI is InChI=1S/C30H53NO5Si/c1-24(31-28(33)36-29(2,3)4)27(34-23-25-17-13-12-14-18-25)21-20-26(32)19-15-10-11-16-22-35-37(8,9)30(5,6)7/h12-14,17-18,24,27H,10-11,15-16,19-23H2,1-9H3,(H,31,33)/t24-,27-/m0/s1. The fourth-order valence-corrected chi connectivity index (χ4v) is 4.68. The van der Waals surface area contributed by atoms with Crippen LogP contribution >= 0.6 is 0 Å². The first-order chi connectivity index (χ1) is 17.1. The predicted molar refractivity (Wildman–Crippen MR) is 154 cm³/mol. The molecule has 6 nitrogen and oxygen atoms in total. The fourth-order valence-electron chi connectivity index (χ4n) is 3.59. The lowest BCUT2D eigenvalue weighted by Crippen LogP contribution is -2.44. The summed E-state index contributed by atoms with van der Waals surface area (Å²) in [7, 11) is -1.67. The number of benzene rings is 1. The summed E-state index contributed by atoms with van der Waals surface area (Å²) >= 11 is 0. The molecule has 0 spiro atoms. The summed E-state index contributed by atoms with van der Waals surface area (Å²) < 4.78 is 17.8. The summed E-state index contributed by atoms with van der Waals surface area (Å²) in [5, 5.41) is 3.12. The largest absolute Gasteiger partial charge is 0.444 e. The maximum Gasteiger partial charge on any atom is 0.407 e. The molecule has 7 heteroatoms. The second-order valence-corrected chi connectivity index (χ2v) is 17.4. The van der Waals surface area contributed by atoms with E-state index in [2.05, 4.69) is 39.2 Å². The van der Waals surface area contributed by atoms with Crippen molar-refractivity contribution in [2.75, 3.05) is 6.61 Å². The van der Waals surface area contributed by atoms with Gasteiger partial charge in [0.15, 0.2) is 8.32 Å². The molecule has 0 fully saturated rings. The number of hydrogen-bond donors (Lipinski definition) is 1. The van der Waals surface area contributed by atoms with Gasteiger partial charge in [0, 0.05) is 19.4 Å². The topological polar surface area (TPSA) is 73.9 Å². The maximum atomic E-state index is 12.6. The minimum Gasteiger partial charge on any atom is -0.444 e. The van der Waals surface area contributed by atoms with Crippen LogP contribution in [0.2, 0.25) is 18.1 Å². The molecule has 0 aromatic heterocycles. The molecule has 0 radical (unpaired) electrons. The van der Waals surface area contributed by atoms with Gasteiger partial charge in [-0.05, 0) is 70.7 Å². The minimum atomic E-state index is -1.67. The van der Waals surface area contributed by atoms with Crippen LogP contribution in [0.5, 0.6) is 0 Å². The van der Waals surface area contributed by atoms with Gasteiger partial charge in [-0.15, -0.1) is 0 Å². The normalized spacial score (nSPS) is 14.2. The Bertz CT molecular complexity index is 798. The van der Waals surface area contributed by atoms with Gasteiger partial charge in [0.1, 0.15) is 11.4 Å². The van der Waals surface area contributed by atoms with Crippen molar-refractivity contribution >= 4 is 20.2 Å². The maximum absolute atomic E-state index is 12.6. The molecule has 1 aromatic carbocycles. The zero-order valence-corrected chi connectivity index (χ0v) is 25.9. The molecular weight excluding hydrogens is 482 g/mol. The Morgan fingerprint density at radius 1 is 0.919 bits per heavy atom. The highest BCUT2D eigenvalue weighted by Crippen LogP contribution is 2.36. The second-order valence-electron chi connectivity index (χ2n) is 12.6. The summed E-state index contributed by atoms with van der Waals surface area (Å²) in [4.78, 5) is 24.9. The van der Waals surface area contributed by atoms with Crippen molar-refractivity contribution in [1.82, 2.24) is 5.32 Å². The molecule has 0 aliphatic heterocycles. The van der Waals surface area contributed by atoms with Crippen LogP contribution in [0.1, 0.15) is 99.0 Å². The number of nitrogens with one attached hydrogen (secondary N) is 1. The number of unbranched alkanes of at least 4 members (excludes halogenated alkanes) is 3. The Labute approximate surface area is 227 Å². The Morgan fingerprint density at radius 2 is 1.54 bits per heavy atom. The quantitative estimate of drug-likeness (QED) is 0.173. The summed E-state index contributed by atoms with van der Waals surface area (Å²) in [6.45, 7) is 20.0. The average Bonchev–Trinajstić information content (AvgIpc) is 2.76. The van der Waals surface area contributed by atoms with Gasteiger partial charge in [-0.2, -0.15) is 0 Å². The molecule has 0 saturated carbocycles. The zero-order valence-electron chi connectivity index (χ0n) is 24.9. The Hall–Kier alpha value is -1.70. The van der Waals surface area contributed by atoms with E-state index in [0.717, 1.165) is 37.9 Å². The number of Topliss-reactive ketones (excluding diaryl/α,β-unsaturated/α-hetero) is 1. The van der Waals surface area contributed by atoms with Crippen LogP contribution < -0.4 is 5.32 Å². The van der Waals surface area contributed by atoms with Crippen molar-refractivity contribution in [3.05, 3.63) is 35.9 Å². The van der Waals surface area contributed by atoms with Crippen molar-refractivity contribution in [3.8, 4) is 0 Å². The van der Waals surface area contributed by atoms with Crippen LogP contribution in [0.4, 0.5) is 4.79 Å². The molecule has 1 aromatic rings. The monoisotopic (exact) mass is 535 g/mol. The fraction of sp³-hybridized carbons (Fsp3) is 0.733. The number of carbonyl (C=O) groups excluding carboxylic acids is 2. The van der Waals surface area contributed by atoms with Crippen molar-refractivity contribution < 1.29 is 23.5 Å². The van der Waals surface area contributed by atoms with E-state index in [1.54, 1.807) is 0 Å². The highest BCUT2D eigenvalue weighted by molar-refractivity contribution is 6.74. The number of rotatable bonds is 16. The van der Waals surface area contributed by atoms with Crippen LogP contribution in [-0.2, 0) is 25.3 Å². The molecule has 0 aliphatic rings. The third-order valence-corrected chi connectivity index (χ3v) is 11.5. The van der Waals surface area contributed by atoms with Crippen molar-refractivity contribution in [2.45, 2.75) is 136 Å². The average molecular weight is 536 g/mol. The van der Waals surface area contributed by atoms with E-state index in [1.165, 1.54) is 0 Å². The zero-order chi connectivity index (χ0) is 28.1. The number of ether oxygens (including phenoxy) is 2. The molecule has 37 heavy (non-hydrogen) atoms. The summed E-state index contributed by atoms with van der Waals surface area (Å²) in [5.41, 5.74) is 0.484. The van der Waals surface area contributed by atoms with E-state index in [9.17, 15) is 9.59 Å². The molecule has 1 rings (SSSR count). The molecule has 1 amide bonds. The number of carbonyl (C=O) groups is 2. The van der Waals surface area contributed by atoms with Crippen molar-refractivity contribution in [2.24, 2.45) is 0 Å². The lowest BCUT2D eigenvalue weighted by Gasteiger charge is -2.36. The Morgan fingerprint density at radius 3 is 2.14 bits per heavy atom. The predicted octanol–water partition coefficient (Wildman–Crippen LogP) is 7.81. The summed E-state index contributed by atoms with van der Waals surface area (Å²) in [6, 6.07) is 9.63. The van der Waals surface area contributed by atoms with Gasteiger partial charge in [-0.1, -0.05) is 63.9 Å². The lowest BCUT2D eigenvalue weighted by molar-refractivity contribution is -0.120. The second kappa shape index (κ2) is 15.6. The first-order valence-electron chi connectivity index (χ1n) is 13.9. The summed E-state index contributed by atoms with van der Waals surface area (Å²) in [5.74, 6) is 0.246. The third-order valence-electron chi connectivity index (χ3n) is 6.94. The number of alkyl carbamates (subject to hydrolysis) is 1. The van der Waals surface area contributed by atoms with Gasteiger partial charge in [0.2, 0.25) is 0 Å². The molecule has 0 saturated heterocycles. The van der Waals surface area contributed by atoms with Gasteiger partial charge in [0.05, 0.1) is 18.8 Å². The Balaban J connectivity index is 2.44. The van der Waals surface area contributed by atoms with Crippen LogP contribution in [0, 0.1) is 0 Å². The highest BCUT2D eigenvalue weighted by Gasteiger charge is 2.36. The van der Waals surface area contributed by atoms with E-state index in [0.29, 0.717) is 25.9 Å². The highest BCUT2D eigenvalue weighted by atomic mass is 28.4. The van der Waals surface area contributed by atoms with Crippen molar-refractivity contribution in [3.63, 3.8) is 0 Å². The third kappa shape index (κ3) is 14.7. The number of hydrogen-bond acceptors (Lipinski definition) is 5. The van der Waals surface area contributed by atoms with E-state index in [4.69, 9.17) is 13.9 Å². The molecule has 2 atom stereocenters. The molecule has 0 bridgehead atoms. The van der Waals surface area contributed by atoms with E-state index in [1.807, 2.05) is 58.0 Å². The van der Waals surface area contributed by atoms with Gasteiger partial charge in [-0.3, -0.25) is 4.79 Å². The van der Waals surface area contributed by atoms with Gasteiger partial charge >= 0.3 is 6.09 Å². The molecule has 0 unspecified atom stereocenters. The van der Waals surface area contributed by atoms with Gasteiger partial charge in [-0.25, -0.2) is 4.79 Å². The molecule has 212 valence electrons. The first kappa shape index (κ1) is 33.3. The molecule has 0 heterocycles. The molecule has 0 aliphatic carbocycles. The van der Waals surface area contributed by atoms with Crippen LogP contribution in [0.25, 0.3) is 0 Å². The number of ketones is 1. The summed E-state index contributed by atoms with van der Waals surface area (Å²) in [6.07, 6.45) is 4.89. The van der Waals surface area contributed by atoms with Gasteiger partial charge in [0.25, 0.3) is 0 Å². The number of amides is 1. The van der Waals surface area contributed by atoms with Crippen LogP contribution in [0.3, 0.4) is 0 Å².